The van der Waals surface area contributed by atoms with Gasteiger partial charge in [0.15, 0.2) is 15.6 Å². The lowest BCUT2D eigenvalue weighted by atomic mass is 10.0. The van der Waals surface area contributed by atoms with Crippen LogP contribution in [0, 0.1) is 0 Å². The molecule has 1 fully saturated rings. The Kier molecular flexibility index (Phi) is 4.82. The lowest BCUT2D eigenvalue weighted by Crippen LogP contribution is -2.41. The molecule has 2 aromatic rings. The smallest absolute Gasteiger partial charge is 0.231 e. The Balaban J connectivity index is 1.45. The first kappa shape index (κ1) is 19.9. The van der Waals surface area contributed by atoms with Crippen molar-refractivity contribution in [1.29, 1.82) is 0 Å². The van der Waals surface area contributed by atoms with Crippen LogP contribution < -0.4 is 9.47 Å². The van der Waals surface area contributed by atoms with Gasteiger partial charge in [-0.05, 0) is 42.3 Å². The van der Waals surface area contributed by atoms with E-state index in [0.717, 1.165) is 5.56 Å². The number of rotatable bonds is 2. The van der Waals surface area contributed by atoms with Gasteiger partial charge in [0.25, 0.3) is 0 Å². The standard InChI is InChI=1S/C21H17Cl2NO5S/c22-16-3-1-12(7-17(16)23)8-19-20(25)14-2-4-18-15(21(14)29-19)9-24(11-28-18)13-5-6-30(26,27)10-13/h1-4,7-8,13H,5-6,9-11H2/b19-8+. The summed E-state index contributed by atoms with van der Waals surface area (Å²) in [6.45, 7) is 0.776. The molecule has 0 N–H and O–H groups in total. The molecule has 2 aromatic carbocycles. The SMILES string of the molecule is O=C1/C(=C\c2ccc(Cl)c(Cl)c2)Oc2c1ccc1c2CN(C2CCS(=O)(=O)C2)CO1. The minimum absolute atomic E-state index is 0.0951. The molecule has 0 aliphatic carbocycles. The van der Waals surface area contributed by atoms with Crippen molar-refractivity contribution in [2.24, 2.45) is 0 Å². The van der Waals surface area contributed by atoms with E-state index in [9.17, 15) is 13.2 Å². The summed E-state index contributed by atoms with van der Waals surface area (Å²) in [7, 11) is -3.00. The predicted octanol–water partition coefficient (Wildman–Crippen LogP) is 3.95. The normalized spacial score (nSPS) is 23.7. The zero-order valence-corrected chi connectivity index (χ0v) is 18.1. The number of Topliss-reactive ketones (excluding diaryl/α,β-unsaturated/α-hetero) is 1. The monoisotopic (exact) mass is 465 g/mol. The van der Waals surface area contributed by atoms with Crippen molar-refractivity contribution in [3.05, 3.63) is 62.8 Å². The van der Waals surface area contributed by atoms with Gasteiger partial charge in [-0.2, -0.15) is 0 Å². The second-order valence-electron chi connectivity index (χ2n) is 7.61. The highest BCUT2D eigenvalue weighted by Gasteiger charge is 2.38. The van der Waals surface area contributed by atoms with E-state index in [-0.39, 0.29) is 29.1 Å². The number of carbonyl (C=O) groups is 1. The van der Waals surface area contributed by atoms with Gasteiger partial charge in [-0.25, -0.2) is 8.42 Å². The minimum Gasteiger partial charge on any atom is -0.478 e. The molecule has 1 atom stereocenters. The summed E-state index contributed by atoms with van der Waals surface area (Å²) in [5, 5.41) is 0.822. The Bertz CT molecular complexity index is 1210. The molecule has 3 aliphatic heterocycles. The number of hydrogen-bond acceptors (Lipinski definition) is 6. The zero-order chi connectivity index (χ0) is 21.0. The highest BCUT2D eigenvalue weighted by molar-refractivity contribution is 7.91. The minimum atomic E-state index is -3.00. The first-order valence-corrected chi connectivity index (χ1v) is 12.0. The zero-order valence-electron chi connectivity index (χ0n) is 15.7. The van der Waals surface area contributed by atoms with E-state index in [0.29, 0.717) is 52.4 Å². The molecular formula is C21H17Cl2NO5S. The number of carbonyl (C=O) groups excluding carboxylic acids is 1. The van der Waals surface area contributed by atoms with Gasteiger partial charge in [0.2, 0.25) is 5.78 Å². The molecular weight excluding hydrogens is 449 g/mol. The Morgan fingerprint density at radius 2 is 1.97 bits per heavy atom. The van der Waals surface area contributed by atoms with E-state index in [1.165, 1.54) is 0 Å². The molecule has 6 nitrogen and oxygen atoms in total. The molecule has 1 unspecified atom stereocenters. The Morgan fingerprint density at radius 1 is 1.13 bits per heavy atom. The molecule has 0 spiro atoms. The van der Waals surface area contributed by atoms with Crippen molar-refractivity contribution < 1.29 is 22.7 Å². The van der Waals surface area contributed by atoms with Crippen molar-refractivity contribution in [2.75, 3.05) is 18.2 Å². The molecule has 0 bridgehead atoms. The molecule has 0 saturated carbocycles. The lowest BCUT2D eigenvalue weighted by Gasteiger charge is -2.33. The number of fused-ring (bicyclic) bond motifs is 3. The van der Waals surface area contributed by atoms with Gasteiger partial charge in [0.1, 0.15) is 18.2 Å². The number of ether oxygens (including phenoxy) is 2. The van der Waals surface area contributed by atoms with Gasteiger partial charge < -0.3 is 9.47 Å². The molecule has 0 aromatic heterocycles. The third-order valence-electron chi connectivity index (χ3n) is 5.61. The maximum absolute atomic E-state index is 12.9. The fraction of sp³-hybridized carbons (Fsp3) is 0.286. The second kappa shape index (κ2) is 7.27. The number of halogens is 2. The molecule has 156 valence electrons. The van der Waals surface area contributed by atoms with Crippen molar-refractivity contribution in [3.63, 3.8) is 0 Å². The maximum atomic E-state index is 12.9. The third-order valence-corrected chi connectivity index (χ3v) is 8.10. The van der Waals surface area contributed by atoms with Crippen LogP contribution in [0.15, 0.2) is 36.1 Å². The average molecular weight is 466 g/mol. The van der Waals surface area contributed by atoms with Crippen LogP contribution in [0.4, 0.5) is 0 Å². The van der Waals surface area contributed by atoms with Gasteiger partial charge >= 0.3 is 0 Å². The third kappa shape index (κ3) is 3.50. The molecule has 30 heavy (non-hydrogen) atoms. The summed E-state index contributed by atoms with van der Waals surface area (Å²) in [5.41, 5.74) is 1.92. The molecule has 3 heterocycles. The quantitative estimate of drug-likeness (QED) is 0.625. The summed E-state index contributed by atoms with van der Waals surface area (Å²) >= 11 is 12.0. The Labute approximate surface area is 183 Å². The average Bonchev–Trinajstić information content (AvgIpc) is 3.24. The number of ketones is 1. The topological polar surface area (TPSA) is 72.9 Å². The van der Waals surface area contributed by atoms with Gasteiger partial charge in [0.05, 0.1) is 32.7 Å². The van der Waals surface area contributed by atoms with Gasteiger partial charge in [0, 0.05) is 12.6 Å². The summed E-state index contributed by atoms with van der Waals surface area (Å²) in [5.74, 6) is 1.41. The van der Waals surface area contributed by atoms with E-state index >= 15 is 0 Å². The van der Waals surface area contributed by atoms with Crippen LogP contribution in [-0.4, -0.2) is 43.4 Å². The van der Waals surface area contributed by atoms with Gasteiger partial charge in [-0.15, -0.1) is 0 Å². The van der Waals surface area contributed by atoms with E-state index < -0.39 is 9.84 Å². The molecule has 3 aliphatic rings. The van der Waals surface area contributed by atoms with Crippen LogP contribution in [0.5, 0.6) is 11.5 Å². The fourth-order valence-corrected chi connectivity index (χ4v) is 6.09. The van der Waals surface area contributed by atoms with Crippen molar-refractivity contribution >= 4 is 44.9 Å². The van der Waals surface area contributed by atoms with Crippen molar-refractivity contribution in [1.82, 2.24) is 4.90 Å². The van der Waals surface area contributed by atoms with Crippen LogP contribution in [0.2, 0.25) is 10.0 Å². The number of hydrogen-bond donors (Lipinski definition) is 0. The van der Waals surface area contributed by atoms with E-state index in [1.54, 1.807) is 36.4 Å². The first-order chi connectivity index (χ1) is 14.3. The second-order valence-corrected chi connectivity index (χ2v) is 10.7. The van der Waals surface area contributed by atoms with Crippen LogP contribution in [0.3, 0.4) is 0 Å². The first-order valence-electron chi connectivity index (χ1n) is 9.43. The Morgan fingerprint density at radius 3 is 2.70 bits per heavy atom. The van der Waals surface area contributed by atoms with Gasteiger partial charge in [-0.1, -0.05) is 29.3 Å². The highest BCUT2D eigenvalue weighted by atomic mass is 35.5. The van der Waals surface area contributed by atoms with E-state index in [2.05, 4.69) is 0 Å². The molecule has 5 rings (SSSR count). The van der Waals surface area contributed by atoms with E-state index in [1.807, 2.05) is 4.90 Å². The predicted molar refractivity (Wildman–Crippen MR) is 114 cm³/mol. The number of sulfone groups is 1. The van der Waals surface area contributed by atoms with Crippen LogP contribution in [-0.2, 0) is 16.4 Å². The molecule has 0 radical (unpaired) electrons. The lowest BCUT2D eigenvalue weighted by molar-refractivity contribution is 0.0634. The van der Waals surface area contributed by atoms with Crippen molar-refractivity contribution in [2.45, 2.75) is 19.0 Å². The molecule has 9 heteroatoms. The molecule has 1 saturated heterocycles. The highest BCUT2D eigenvalue weighted by Crippen LogP contribution is 2.42. The van der Waals surface area contributed by atoms with Crippen LogP contribution in [0.25, 0.3) is 6.08 Å². The van der Waals surface area contributed by atoms with Gasteiger partial charge in [-0.3, -0.25) is 9.69 Å². The summed E-state index contributed by atoms with van der Waals surface area (Å²) in [6, 6.07) is 8.44. The number of allylic oxidation sites excluding steroid dienone is 1. The van der Waals surface area contributed by atoms with Crippen LogP contribution >= 0.6 is 23.2 Å². The fourth-order valence-electron chi connectivity index (χ4n) is 4.03. The summed E-state index contributed by atoms with van der Waals surface area (Å²) in [6.07, 6.45) is 2.21. The number of benzene rings is 2. The van der Waals surface area contributed by atoms with Crippen molar-refractivity contribution in [3.8, 4) is 11.5 Å². The Hall–Kier alpha value is -2.06. The number of nitrogens with zero attached hydrogens (tertiary/aromatic N) is 1. The summed E-state index contributed by atoms with van der Waals surface area (Å²) in [4.78, 5) is 14.9. The molecule has 0 amide bonds. The van der Waals surface area contributed by atoms with Crippen LogP contribution in [0.1, 0.15) is 27.9 Å². The maximum Gasteiger partial charge on any atom is 0.231 e. The van der Waals surface area contributed by atoms with E-state index in [4.69, 9.17) is 32.7 Å². The summed E-state index contributed by atoms with van der Waals surface area (Å²) < 4.78 is 35.5. The largest absolute Gasteiger partial charge is 0.478 e.